The monoisotopic (exact) mass is 498 g/mol. The summed E-state index contributed by atoms with van der Waals surface area (Å²) >= 11 is 0. The standard InChI is InChI=1S/C24H22N2O8S/c1-32-17-11-9-16(10-12-17)25-22(27)18-6-4-5-7-20(18)26-35(30,31)21-14-15(23(28)33-2)8-13-19(21)24(29)34-3/h4-14,26H,1-3H3,(H,25,27). The second-order valence-electron chi connectivity index (χ2n) is 7.03. The number of methoxy groups -OCH3 is 3. The van der Waals surface area contributed by atoms with Crippen molar-refractivity contribution in [2.24, 2.45) is 0 Å². The predicted molar refractivity (Wildman–Crippen MR) is 127 cm³/mol. The van der Waals surface area contributed by atoms with Crippen molar-refractivity contribution in [3.63, 3.8) is 0 Å². The van der Waals surface area contributed by atoms with Crippen molar-refractivity contribution in [3.8, 4) is 5.75 Å². The molecule has 0 bridgehead atoms. The van der Waals surface area contributed by atoms with E-state index < -0.39 is 32.8 Å². The molecule has 2 N–H and O–H groups in total. The van der Waals surface area contributed by atoms with Gasteiger partial charge in [-0.2, -0.15) is 0 Å². The summed E-state index contributed by atoms with van der Waals surface area (Å²) in [4.78, 5) is 36.5. The van der Waals surface area contributed by atoms with Crippen LogP contribution in [0.3, 0.4) is 0 Å². The number of hydrogen-bond acceptors (Lipinski definition) is 8. The first-order valence-corrected chi connectivity index (χ1v) is 11.6. The van der Waals surface area contributed by atoms with Gasteiger partial charge in [-0.05, 0) is 54.6 Å². The van der Waals surface area contributed by atoms with E-state index in [-0.39, 0.29) is 22.4 Å². The number of carbonyl (C=O) groups is 3. The van der Waals surface area contributed by atoms with Crippen molar-refractivity contribution in [3.05, 3.63) is 83.4 Å². The van der Waals surface area contributed by atoms with Crippen LogP contribution in [0.15, 0.2) is 71.6 Å². The van der Waals surface area contributed by atoms with E-state index >= 15 is 0 Å². The van der Waals surface area contributed by atoms with E-state index in [4.69, 9.17) is 4.74 Å². The maximum atomic E-state index is 13.3. The highest BCUT2D eigenvalue weighted by atomic mass is 32.2. The van der Waals surface area contributed by atoms with Gasteiger partial charge in [-0.25, -0.2) is 18.0 Å². The highest BCUT2D eigenvalue weighted by molar-refractivity contribution is 7.92. The average Bonchev–Trinajstić information content (AvgIpc) is 2.87. The van der Waals surface area contributed by atoms with Gasteiger partial charge in [0.05, 0.1) is 43.7 Å². The van der Waals surface area contributed by atoms with E-state index in [1.54, 1.807) is 30.3 Å². The van der Waals surface area contributed by atoms with E-state index in [9.17, 15) is 22.8 Å². The Morgan fingerprint density at radius 1 is 0.771 bits per heavy atom. The Labute approximate surface area is 201 Å². The van der Waals surface area contributed by atoms with Gasteiger partial charge in [0.2, 0.25) is 0 Å². The first-order valence-electron chi connectivity index (χ1n) is 10.1. The second kappa shape index (κ2) is 10.7. The molecular formula is C24H22N2O8S. The number of amides is 1. The van der Waals surface area contributed by atoms with Gasteiger partial charge in [0.15, 0.2) is 0 Å². The molecule has 0 aliphatic rings. The molecule has 1 amide bonds. The highest BCUT2D eigenvalue weighted by Gasteiger charge is 2.26. The summed E-state index contributed by atoms with van der Waals surface area (Å²) in [6.07, 6.45) is 0. The van der Waals surface area contributed by atoms with Crippen LogP contribution in [-0.4, -0.2) is 47.6 Å². The normalized spacial score (nSPS) is 10.7. The molecule has 0 aromatic heterocycles. The smallest absolute Gasteiger partial charge is 0.339 e. The lowest BCUT2D eigenvalue weighted by Crippen LogP contribution is -2.21. The molecule has 35 heavy (non-hydrogen) atoms. The number of esters is 2. The van der Waals surface area contributed by atoms with Crippen LogP contribution < -0.4 is 14.8 Å². The molecule has 11 heteroatoms. The summed E-state index contributed by atoms with van der Waals surface area (Å²) in [5.41, 5.74) is 0.0551. The number of nitrogens with one attached hydrogen (secondary N) is 2. The van der Waals surface area contributed by atoms with Gasteiger partial charge in [-0.1, -0.05) is 12.1 Å². The summed E-state index contributed by atoms with van der Waals surface area (Å²) in [6.45, 7) is 0. The van der Waals surface area contributed by atoms with Crippen molar-refractivity contribution >= 4 is 39.2 Å². The molecule has 0 radical (unpaired) electrons. The molecule has 0 fully saturated rings. The van der Waals surface area contributed by atoms with Crippen molar-refractivity contribution in [2.45, 2.75) is 4.90 Å². The zero-order chi connectivity index (χ0) is 25.6. The third-order valence-corrected chi connectivity index (χ3v) is 6.27. The minimum absolute atomic E-state index is 0.0237. The van der Waals surface area contributed by atoms with E-state index in [0.29, 0.717) is 11.4 Å². The zero-order valence-electron chi connectivity index (χ0n) is 19.0. The number of hydrogen-bond donors (Lipinski definition) is 2. The molecule has 3 aromatic carbocycles. The van der Waals surface area contributed by atoms with Crippen LogP contribution in [0.25, 0.3) is 0 Å². The SMILES string of the molecule is COC(=O)c1ccc(C(=O)OC)c(S(=O)(=O)Nc2ccccc2C(=O)Nc2ccc(OC)cc2)c1. The maximum absolute atomic E-state index is 13.3. The van der Waals surface area contributed by atoms with E-state index in [1.165, 1.54) is 31.4 Å². The highest BCUT2D eigenvalue weighted by Crippen LogP contribution is 2.25. The van der Waals surface area contributed by atoms with E-state index in [1.807, 2.05) is 0 Å². The quantitative estimate of drug-likeness (QED) is 0.451. The van der Waals surface area contributed by atoms with Crippen LogP contribution >= 0.6 is 0 Å². The fourth-order valence-corrected chi connectivity index (χ4v) is 4.41. The van der Waals surface area contributed by atoms with Gasteiger partial charge < -0.3 is 19.5 Å². The lowest BCUT2D eigenvalue weighted by atomic mass is 10.1. The van der Waals surface area contributed by atoms with Crippen molar-refractivity contribution in [1.29, 1.82) is 0 Å². The summed E-state index contributed by atoms with van der Waals surface area (Å²) in [6, 6.07) is 15.9. The van der Waals surface area contributed by atoms with Crippen LogP contribution in [0.2, 0.25) is 0 Å². The molecule has 0 saturated carbocycles. The largest absolute Gasteiger partial charge is 0.497 e. The van der Waals surface area contributed by atoms with Crippen LogP contribution in [-0.2, 0) is 19.5 Å². The van der Waals surface area contributed by atoms with Crippen LogP contribution in [0.1, 0.15) is 31.1 Å². The summed E-state index contributed by atoms with van der Waals surface area (Å²) < 4.78 is 43.3. The second-order valence-corrected chi connectivity index (χ2v) is 8.68. The Hall–Kier alpha value is -4.38. The first-order chi connectivity index (χ1) is 16.7. The lowest BCUT2D eigenvalue weighted by molar-refractivity contribution is 0.0583. The Balaban J connectivity index is 1.97. The van der Waals surface area contributed by atoms with Gasteiger partial charge in [0.25, 0.3) is 15.9 Å². The molecule has 0 spiro atoms. The molecule has 0 aliphatic carbocycles. The Morgan fingerprint density at radius 2 is 1.43 bits per heavy atom. The number of benzene rings is 3. The Kier molecular flexibility index (Phi) is 7.72. The zero-order valence-corrected chi connectivity index (χ0v) is 19.8. The third-order valence-electron chi connectivity index (χ3n) is 4.86. The number of para-hydroxylation sites is 1. The Bertz CT molecular complexity index is 1370. The molecule has 0 aliphatic heterocycles. The molecular weight excluding hydrogens is 476 g/mol. The predicted octanol–water partition coefficient (Wildman–Crippen LogP) is 3.32. The fraction of sp³-hybridized carbons (Fsp3) is 0.125. The van der Waals surface area contributed by atoms with Gasteiger partial charge in [0.1, 0.15) is 10.6 Å². The van der Waals surface area contributed by atoms with E-state index in [2.05, 4.69) is 19.5 Å². The average molecular weight is 499 g/mol. The summed E-state index contributed by atoms with van der Waals surface area (Å²) in [5.74, 6) is -1.69. The summed E-state index contributed by atoms with van der Waals surface area (Å²) in [7, 11) is -0.704. The number of rotatable bonds is 8. The van der Waals surface area contributed by atoms with Gasteiger partial charge >= 0.3 is 11.9 Å². The van der Waals surface area contributed by atoms with Gasteiger partial charge in [-0.15, -0.1) is 0 Å². The van der Waals surface area contributed by atoms with E-state index in [0.717, 1.165) is 26.4 Å². The van der Waals surface area contributed by atoms with Crippen LogP contribution in [0.4, 0.5) is 11.4 Å². The maximum Gasteiger partial charge on any atom is 0.339 e. The molecule has 0 unspecified atom stereocenters. The number of carbonyl (C=O) groups excluding carboxylic acids is 3. The number of anilines is 2. The molecule has 0 saturated heterocycles. The third kappa shape index (κ3) is 5.76. The minimum atomic E-state index is -4.46. The molecule has 182 valence electrons. The number of ether oxygens (including phenoxy) is 3. The fourth-order valence-electron chi connectivity index (χ4n) is 3.11. The molecule has 0 heterocycles. The van der Waals surface area contributed by atoms with Crippen molar-refractivity contribution in [1.82, 2.24) is 0 Å². The topological polar surface area (TPSA) is 137 Å². The number of sulfonamides is 1. The molecule has 3 aromatic rings. The van der Waals surface area contributed by atoms with Crippen LogP contribution in [0.5, 0.6) is 5.75 Å². The molecule has 3 rings (SSSR count). The van der Waals surface area contributed by atoms with Crippen molar-refractivity contribution in [2.75, 3.05) is 31.4 Å². The molecule has 10 nitrogen and oxygen atoms in total. The van der Waals surface area contributed by atoms with Crippen LogP contribution in [0, 0.1) is 0 Å². The van der Waals surface area contributed by atoms with Gasteiger partial charge in [0, 0.05) is 5.69 Å². The molecule has 0 atom stereocenters. The van der Waals surface area contributed by atoms with Crippen molar-refractivity contribution < 1.29 is 37.0 Å². The van der Waals surface area contributed by atoms with Gasteiger partial charge in [-0.3, -0.25) is 9.52 Å². The minimum Gasteiger partial charge on any atom is -0.497 e. The lowest BCUT2D eigenvalue weighted by Gasteiger charge is -2.15. The summed E-state index contributed by atoms with van der Waals surface area (Å²) in [5, 5.41) is 2.68. The first kappa shape index (κ1) is 25.2. The Morgan fingerprint density at radius 3 is 2.06 bits per heavy atom.